The molecule has 13 heteroatoms. The van der Waals surface area contributed by atoms with Crippen LogP contribution in [0.5, 0.6) is 0 Å². The summed E-state index contributed by atoms with van der Waals surface area (Å²) in [6.07, 6.45) is 1.95. The maximum Gasteiger partial charge on any atom is 0.310 e. The van der Waals surface area contributed by atoms with E-state index in [0.717, 1.165) is 12.1 Å². The first-order valence-electron chi connectivity index (χ1n) is 9.98. The summed E-state index contributed by atoms with van der Waals surface area (Å²) >= 11 is 0. The highest BCUT2D eigenvalue weighted by Crippen LogP contribution is 3.02. The van der Waals surface area contributed by atoms with E-state index in [-0.39, 0.29) is 23.7 Å². The largest absolute Gasteiger partial charge is 0.345 e. The number of carbonyl (C=O) groups is 2. The summed E-state index contributed by atoms with van der Waals surface area (Å²) < 4.78 is 65.4. The molecule has 182 valence electrons. The first-order valence-corrected chi connectivity index (χ1v) is 11.9. The van der Waals surface area contributed by atoms with Crippen molar-refractivity contribution < 1.29 is 29.0 Å². The number of halogens is 5. The summed E-state index contributed by atoms with van der Waals surface area (Å²) in [4.78, 5) is 31.3. The van der Waals surface area contributed by atoms with Crippen LogP contribution < -0.4 is 16.0 Å². The third-order valence-corrected chi connectivity index (χ3v) is 6.82. The molecule has 1 aromatic carbocycles. The molecular weight excluding hydrogens is 469 g/mol. The summed E-state index contributed by atoms with van der Waals surface area (Å²) in [5.41, 5.74) is -0.999. The Morgan fingerprint density at radius 3 is 2.21 bits per heavy atom. The van der Waals surface area contributed by atoms with Gasteiger partial charge in [0.25, 0.3) is 0 Å². The predicted molar refractivity (Wildman–Crippen MR) is 113 cm³/mol. The molecule has 33 heavy (non-hydrogen) atoms. The smallest absolute Gasteiger partial charge is 0.310 e. The number of amides is 2. The van der Waals surface area contributed by atoms with Crippen molar-refractivity contribution in [1.82, 2.24) is 25.9 Å². The SMILES string of the molecule is CC(C)C(C)(NC(=O)C1CC(=O)NC(c2ncccn2)N1)c1ccc(S(F)(F)(F)(F)F)cc1. The Morgan fingerprint density at radius 1 is 1.12 bits per heavy atom. The highest BCUT2D eigenvalue weighted by molar-refractivity contribution is 8.45. The molecule has 1 saturated heterocycles. The Morgan fingerprint density at radius 2 is 1.70 bits per heavy atom. The van der Waals surface area contributed by atoms with Gasteiger partial charge < -0.3 is 10.6 Å². The van der Waals surface area contributed by atoms with E-state index in [2.05, 4.69) is 25.9 Å². The van der Waals surface area contributed by atoms with Gasteiger partial charge in [-0.1, -0.05) is 45.4 Å². The van der Waals surface area contributed by atoms with Gasteiger partial charge in [-0.3, -0.25) is 14.9 Å². The fourth-order valence-electron chi connectivity index (χ4n) is 3.43. The number of nitrogens with one attached hydrogen (secondary N) is 3. The topological polar surface area (TPSA) is 96.0 Å². The van der Waals surface area contributed by atoms with Crippen LogP contribution in [-0.4, -0.2) is 27.8 Å². The maximum absolute atomic E-state index is 13.1. The molecule has 1 fully saturated rings. The second-order valence-electron chi connectivity index (χ2n) is 8.37. The van der Waals surface area contributed by atoms with Gasteiger partial charge in [0.05, 0.1) is 18.0 Å². The molecule has 0 bridgehead atoms. The van der Waals surface area contributed by atoms with Crippen LogP contribution in [0.3, 0.4) is 0 Å². The van der Waals surface area contributed by atoms with Gasteiger partial charge >= 0.3 is 10.2 Å². The monoisotopic (exact) mass is 493 g/mol. The van der Waals surface area contributed by atoms with E-state index in [1.165, 1.54) is 12.4 Å². The normalized spacial score (nSPS) is 23.1. The second kappa shape index (κ2) is 7.62. The van der Waals surface area contributed by atoms with Crippen LogP contribution in [-0.2, 0) is 15.1 Å². The van der Waals surface area contributed by atoms with Crippen molar-refractivity contribution in [3.05, 3.63) is 54.1 Å². The molecule has 1 aliphatic rings. The van der Waals surface area contributed by atoms with Crippen LogP contribution in [0.15, 0.2) is 47.6 Å². The standard InChI is InChI=1S/C20H24F5N5O2S/c1-12(2)20(3,13-5-7-14(8-6-13)33(21,22,23,24)25)30-19(32)15-11-16(31)29-18(28-15)17-26-9-4-10-27-17/h4-10,12,15,18,28H,11H2,1-3H3,(H,29,31)(H,30,32). The van der Waals surface area contributed by atoms with Crippen molar-refractivity contribution in [1.29, 1.82) is 0 Å². The molecule has 2 aromatic rings. The minimum Gasteiger partial charge on any atom is -0.345 e. The lowest BCUT2D eigenvalue weighted by molar-refractivity contribution is -0.133. The zero-order valence-corrected chi connectivity index (χ0v) is 18.8. The highest BCUT2D eigenvalue weighted by atomic mass is 32.5. The summed E-state index contributed by atoms with van der Waals surface area (Å²) in [6.45, 7) is 5.02. The number of nitrogens with zero attached hydrogens (tertiary/aromatic N) is 2. The van der Waals surface area contributed by atoms with Crippen molar-refractivity contribution in [2.24, 2.45) is 5.92 Å². The number of rotatable bonds is 6. The molecule has 3 atom stereocenters. The molecule has 3 unspecified atom stereocenters. The third-order valence-electron chi connectivity index (χ3n) is 5.66. The quantitative estimate of drug-likeness (QED) is 0.522. The average molecular weight is 494 g/mol. The van der Waals surface area contributed by atoms with E-state index in [9.17, 15) is 29.0 Å². The Balaban J connectivity index is 1.84. The molecule has 2 heterocycles. The molecule has 0 spiro atoms. The number of aromatic nitrogens is 2. The zero-order chi connectivity index (χ0) is 24.7. The lowest BCUT2D eigenvalue weighted by Crippen LogP contribution is -2.60. The Bertz CT molecular complexity index is 1050. The fourth-order valence-corrected chi connectivity index (χ4v) is 4.08. The molecule has 1 aliphatic heterocycles. The van der Waals surface area contributed by atoms with Crippen molar-refractivity contribution >= 4 is 22.0 Å². The van der Waals surface area contributed by atoms with Gasteiger partial charge in [0.1, 0.15) is 11.1 Å². The first-order chi connectivity index (χ1) is 15.0. The van der Waals surface area contributed by atoms with Crippen molar-refractivity contribution in [3.8, 4) is 0 Å². The molecule has 0 radical (unpaired) electrons. The molecule has 0 aliphatic carbocycles. The lowest BCUT2D eigenvalue weighted by atomic mass is 9.81. The lowest BCUT2D eigenvalue weighted by Gasteiger charge is -2.41. The highest BCUT2D eigenvalue weighted by Gasteiger charge is 2.65. The zero-order valence-electron chi connectivity index (χ0n) is 18.0. The molecule has 3 N–H and O–H groups in total. The van der Waals surface area contributed by atoms with E-state index in [1.807, 2.05) is 0 Å². The van der Waals surface area contributed by atoms with Crippen LogP contribution in [0.1, 0.15) is 44.7 Å². The number of benzene rings is 1. The first kappa shape index (κ1) is 24.8. The summed E-state index contributed by atoms with van der Waals surface area (Å²) in [5.74, 6) is -1.09. The summed E-state index contributed by atoms with van der Waals surface area (Å²) in [6, 6.07) is 3.10. The van der Waals surface area contributed by atoms with E-state index in [1.54, 1.807) is 26.8 Å². The molecule has 0 saturated carbocycles. The van der Waals surface area contributed by atoms with Gasteiger partial charge in [-0.2, -0.15) is 0 Å². The van der Waals surface area contributed by atoms with Crippen molar-refractivity contribution in [3.63, 3.8) is 0 Å². The van der Waals surface area contributed by atoms with Crippen LogP contribution in [0.4, 0.5) is 19.4 Å². The molecule has 3 rings (SSSR count). The minimum atomic E-state index is -9.82. The maximum atomic E-state index is 13.1. The molecule has 7 nitrogen and oxygen atoms in total. The summed E-state index contributed by atoms with van der Waals surface area (Å²) in [7, 11) is -9.82. The molecule has 2 amide bonds. The Labute approximate surface area is 187 Å². The van der Waals surface area contributed by atoms with Gasteiger partial charge in [0.15, 0.2) is 5.82 Å². The summed E-state index contributed by atoms with van der Waals surface area (Å²) in [5, 5.41) is 8.34. The van der Waals surface area contributed by atoms with E-state index < -0.39 is 44.7 Å². The Hall–Kier alpha value is -2.80. The van der Waals surface area contributed by atoms with E-state index in [4.69, 9.17) is 0 Å². The van der Waals surface area contributed by atoms with Gasteiger partial charge in [0, 0.05) is 12.4 Å². The van der Waals surface area contributed by atoms with Gasteiger partial charge in [-0.25, -0.2) is 9.97 Å². The van der Waals surface area contributed by atoms with Crippen LogP contribution in [0.25, 0.3) is 0 Å². The van der Waals surface area contributed by atoms with Crippen LogP contribution >= 0.6 is 10.2 Å². The molecule has 1 aromatic heterocycles. The van der Waals surface area contributed by atoms with Gasteiger partial charge in [-0.15, -0.1) is 0 Å². The minimum absolute atomic E-state index is 0.188. The van der Waals surface area contributed by atoms with Crippen molar-refractivity contribution in [2.45, 2.75) is 49.8 Å². The fraction of sp³-hybridized carbons (Fsp3) is 0.400. The number of carbonyl (C=O) groups excluding carboxylic acids is 2. The van der Waals surface area contributed by atoms with Crippen molar-refractivity contribution in [2.75, 3.05) is 0 Å². The van der Waals surface area contributed by atoms with E-state index >= 15 is 0 Å². The van der Waals surface area contributed by atoms with Gasteiger partial charge in [0.2, 0.25) is 11.8 Å². The van der Waals surface area contributed by atoms with Gasteiger partial charge in [-0.05, 0) is 36.6 Å². The van der Waals surface area contributed by atoms with Crippen LogP contribution in [0, 0.1) is 5.92 Å². The number of hydrogen-bond acceptors (Lipinski definition) is 5. The predicted octanol–water partition coefficient (Wildman–Crippen LogP) is 4.30. The number of hydrogen-bond donors (Lipinski definition) is 3. The third kappa shape index (κ3) is 5.58. The molecular formula is C20H24F5N5O2S. The van der Waals surface area contributed by atoms with Crippen LogP contribution in [0.2, 0.25) is 0 Å². The Kier molecular flexibility index (Phi) is 5.74. The average Bonchev–Trinajstić information content (AvgIpc) is 2.72. The van der Waals surface area contributed by atoms with E-state index in [0.29, 0.717) is 12.1 Å². The second-order valence-corrected chi connectivity index (χ2v) is 10.8.